The maximum atomic E-state index is 13.6. The van der Waals surface area contributed by atoms with E-state index in [9.17, 15) is 9.18 Å². The number of amides is 1. The van der Waals surface area contributed by atoms with Gasteiger partial charge in [0.05, 0.1) is 0 Å². The molecule has 3 aromatic rings. The Labute approximate surface area is 150 Å². The first kappa shape index (κ1) is 17.5. The second-order valence-corrected chi connectivity index (χ2v) is 5.89. The van der Waals surface area contributed by atoms with E-state index in [4.69, 9.17) is 4.74 Å². The first-order valence-corrected chi connectivity index (χ1v) is 8.10. The van der Waals surface area contributed by atoms with Gasteiger partial charge in [0.1, 0.15) is 18.1 Å². The number of hydrogen-bond acceptors (Lipinski definition) is 4. The number of aryl methyl sites for hydroxylation is 2. The number of carbonyl (C=O) groups is 1. The Morgan fingerprint density at radius 1 is 1.15 bits per heavy atom. The molecule has 0 unspecified atom stereocenters. The van der Waals surface area contributed by atoms with Crippen LogP contribution in [0, 0.1) is 19.7 Å². The van der Waals surface area contributed by atoms with Crippen molar-refractivity contribution < 1.29 is 13.9 Å². The molecule has 6 heteroatoms. The first-order chi connectivity index (χ1) is 12.5. The number of aromatic nitrogens is 2. The van der Waals surface area contributed by atoms with Gasteiger partial charge in [0.25, 0.3) is 5.91 Å². The van der Waals surface area contributed by atoms with Gasteiger partial charge in [-0.05, 0) is 61.4 Å². The van der Waals surface area contributed by atoms with E-state index in [-0.39, 0.29) is 24.0 Å². The molecule has 1 aromatic carbocycles. The van der Waals surface area contributed by atoms with Crippen LogP contribution in [0.3, 0.4) is 0 Å². The largest absolute Gasteiger partial charge is 0.486 e. The zero-order valence-electron chi connectivity index (χ0n) is 14.5. The van der Waals surface area contributed by atoms with E-state index < -0.39 is 5.82 Å². The van der Waals surface area contributed by atoms with Crippen molar-refractivity contribution in [2.24, 2.45) is 0 Å². The second-order valence-electron chi connectivity index (χ2n) is 5.89. The number of anilines is 1. The first-order valence-electron chi connectivity index (χ1n) is 8.10. The molecule has 0 spiro atoms. The number of ether oxygens (including phenoxy) is 1. The van der Waals surface area contributed by atoms with E-state index in [1.54, 1.807) is 36.4 Å². The smallest absolute Gasteiger partial charge is 0.275 e. The van der Waals surface area contributed by atoms with E-state index in [0.717, 1.165) is 11.3 Å². The fraction of sp³-hybridized carbons (Fsp3) is 0.150. The molecule has 26 heavy (non-hydrogen) atoms. The monoisotopic (exact) mass is 351 g/mol. The summed E-state index contributed by atoms with van der Waals surface area (Å²) in [5, 5.41) is 2.74. The number of nitrogens with zero attached hydrogens (tertiary/aromatic N) is 2. The lowest BCUT2D eigenvalue weighted by atomic mass is 10.2. The Morgan fingerprint density at radius 2 is 1.96 bits per heavy atom. The molecule has 2 aromatic heterocycles. The molecule has 0 aliphatic rings. The van der Waals surface area contributed by atoms with Crippen LogP contribution in [0.2, 0.25) is 0 Å². The van der Waals surface area contributed by atoms with Gasteiger partial charge in [-0.15, -0.1) is 0 Å². The third-order valence-corrected chi connectivity index (χ3v) is 3.63. The van der Waals surface area contributed by atoms with Crippen molar-refractivity contribution in [2.45, 2.75) is 20.5 Å². The maximum Gasteiger partial charge on any atom is 0.275 e. The molecular weight excluding hydrogens is 333 g/mol. The minimum absolute atomic E-state index is 0.130. The van der Waals surface area contributed by atoms with Gasteiger partial charge in [-0.3, -0.25) is 9.78 Å². The average Bonchev–Trinajstić information content (AvgIpc) is 2.60. The highest BCUT2D eigenvalue weighted by molar-refractivity contribution is 6.02. The molecule has 0 atom stereocenters. The van der Waals surface area contributed by atoms with Gasteiger partial charge in [0.2, 0.25) is 0 Å². The third kappa shape index (κ3) is 4.42. The fourth-order valence-electron chi connectivity index (χ4n) is 2.50. The van der Waals surface area contributed by atoms with Crippen molar-refractivity contribution >= 4 is 11.7 Å². The number of hydrogen-bond donors (Lipinski definition) is 1. The van der Waals surface area contributed by atoms with Crippen LogP contribution in [0.15, 0.2) is 54.7 Å². The van der Waals surface area contributed by atoms with Gasteiger partial charge in [0, 0.05) is 11.9 Å². The van der Waals surface area contributed by atoms with Gasteiger partial charge in [-0.1, -0.05) is 12.1 Å². The topological polar surface area (TPSA) is 64.1 Å². The molecule has 132 valence electrons. The number of para-hydroxylation sites is 1. The predicted octanol–water partition coefficient (Wildman–Crippen LogP) is 4.06. The Bertz CT molecular complexity index is 924. The van der Waals surface area contributed by atoms with Crippen molar-refractivity contribution in [3.63, 3.8) is 0 Å². The highest BCUT2D eigenvalue weighted by atomic mass is 19.1. The molecule has 0 saturated carbocycles. The van der Waals surface area contributed by atoms with Crippen molar-refractivity contribution in [2.75, 3.05) is 5.32 Å². The van der Waals surface area contributed by atoms with E-state index in [1.807, 2.05) is 19.9 Å². The molecule has 0 aliphatic carbocycles. The second kappa shape index (κ2) is 7.74. The number of nitrogens with one attached hydrogen (secondary N) is 1. The lowest BCUT2D eigenvalue weighted by molar-refractivity contribution is 0.102. The van der Waals surface area contributed by atoms with E-state index in [1.165, 1.54) is 12.3 Å². The molecule has 2 heterocycles. The van der Waals surface area contributed by atoms with Crippen molar-refractivity contribution in [1.29, 1.82) is 0 Å². The highest BCUT2D eigenvalue weighted by Gasteiger charge is 2.10. The van der Waals surface area contributed by atoms with E-state index in [0.29, 0.717) is 11.4 Å². The molecule has 0 aliphatic heterocycles. The Hall–Kier alpha value is -3.28. The molecule has 0 saturated heterocycles. The number of carbonyl (C=O) groups excluding carboxylic acids is 1. The molecule has 0 fully saturated rings. The van der Waals surface area contributed by atoms with Crippen molar-refractivity contribution in [1.82, 2.24) is 9.97 Å². The van der Waals surface area contributed by atoms with E-state index >= 15 is 0 Å². The summed E-state index contributed by atoms with van der Waals surface area (Å²) in [7, 11) is 0. The van der Waals surface area contributed by atoms with Crippen LogP contribution in [0.25, 0.3) is 0 Å². The Balaban J connectivity index is 1.70. The summed E-state index contributed by atoms with van der Waals surface area (Å²) in [5.74, 6) is -0.160. The average molecular weight is 351 g/mol. The van der Waals surface area contributed by atoms with Gasteiger partial charge in [-0.2, -0.15) is 0 Å². The zero-order valence-corrected chi connectivity index (χ0v) is 14.5. The lowest BCUT2D eigenvalue weighted by Gasteiger charge is -2.09. The molecule has 1 amide bonds. The summed E-state index contributed by atoms with van der Waals surface area (Å²) in [4.78, 5) is 20.8. The molecule has 0 radical (unpaired) electrons. The fourth-order valence-corrected chi connectivity index (χ4v) is 2.50. The SMILES string of the molecule is Cc1cc(C)nc(NC(=O)c2cc(COc3ccccc3F)ccn2)c1. The quantitative estimate of drug-likeness (QED) is 0.753. The number of benzene rings is 1. The summed E-state index contributed by atoms with van der Waals surface area (Å²) in [6.45, 7) is 3.93. The van der Waals surface area contributed by atoms with Gasteiger partial charge in [0.15, 0.2) is 11.6 Å². The Morgan fingerprint density at radius 3 is 2.73 bits per heavy atom. The normalized spacial score (nSPS) is 10.4. The molecule has 0 bridgehead atoms. The zero-order chi connectivity index (χ0) is 18.5. The van der Waals surface area contributed by atoms with Crippen LogP contribution in [0.1, 0.15) is 27.3 Å². The van der Waals surface area contributed by atoms with Crippen LogP contribution in [-0.4, -0.2) is 15.9 Å². The predicted molar refractivity (Wildman–Crippen MR) is 96.6 cm³/mol. The van der Waals surface area contributed by atoms with Crippen LogP contribution in [0.4, 0.5) is 10.2 Å². The summed E-state index contributed by atoms with van der Waals surface area (Å²) in [6.07, 6.45) is 1.52. The minimum Gasteiger partial charge on any atom is -0.486 e. The van der Waals surface area contributed by atoms with Gasteiger partial charge < -0.3 is 10.1 Å². The van der Waals surface area contributed by atoms with Crippen molar-refractivity contribution in [3.8, 4) is 5.75 Å². The van der Waals surface area contributed by atoms with Gasteiger partial charge in [-0.25, -0.2) is 9.37 Å². The van der Waals surface area contributed by atoms with Crippen LogP contribution in [-0.2, 0) is 6.61 Å². The molecule has 5 nitrogen and oxygen atoms in total. The lowest BCUT2D eigenvalue weighted by Crippen LogP contribution is -2.15. The summed E-state index contributed by atoms with van der Waals surface area (Å²) in [6, 6.07) is 13.2. The standard InChI is InChI=1S/C20H18FN3O2/c1-13-9-14(2)23-19(10-13)24-20(25)17-11-15(7-8-22-17)12-26-18-6-4-3-5-16(18)21/h3-11H,12H2,1-2H3,(H,23,24,25). The minimum atomic E-state index is -0.430. The number of pyridine rings is 2. The van der Waals surface area contributed by atoms with E-state index in [2.05, 4.69) is 15.3 Å². The number of halogens is 1. The maximum absolute atomic E-state index is 13.6. The summed E-state index contributed by atoms with van der Waals surface area (Å²) in [5.41, 5.74) is 2.77. The van der Waals surface area contributed by atoms with Crippen LogP contribution < -0.4 is 10.1 Å². The highest BCUT2D eigenvalue weighted by Crippen LogP contribution is 2.17. The summed E-state index contributed by atoms with van der Waals surface area (Å²) >= 11 is 0. The Kier molecular flexibility index (Phi) is 5.22. The van der Waals surface area contributed by atoms with Crippen LogP contribution in [0.5, 0.6) is 5.75 Å². The van der Waals surface area contributed by atoms with Crippen LogP contribution >= 0.6 is 0 Å². The molecule has 3 rings (SSSR count). The van der Waals surface area contributed by atoms with Gasteiger partial charge >= 0.3 is 0 Å². The van der Waals surface area contributed by atoms with Crippen molar-refractivity contribution in [3.05, 3.63) is 83.1 Å². The summed E-state index contributed by atoms with van der Waals surface area (Å²) < 4.78 is 19.1. The molecular formula is C20H18FN3O2. The molecule has 1 N–H and O–H groups in total. The third-order valence-electron chi connectivity index (χ3n) is 3.63. The number of rotatable bonds is 5.